The number of esters is 2. The van der Waals surface area contributed by atoms with E-state index in [4.69, 9.17) is 24.1 Å². The summed E-state index contributed by atoms with van der Waals surface area (Å²) in [6, 6.07) is 15.8. The van der Waals surface area contributed by atoms with Gasteiger partial charge >= 0.3 is 11.9 Å². The van der Waals surface area contributed by atoms with Crippen LogP contribution in [0.2, 0.25) is 0 Å². The summed E-state index contributed by atoms with van der Waals surface area (Å²) in [6.07, 6.45) is 10.5. The van der Waals surface area contributed by atoms with E-state index in [0.29, 0.717) is 26.2 Å². The number of carbonyl (C=O) groups is 2. The van der Waals surface area contributed by atoms with Crippen molar-refractivity contribution in [1.82, 2.24) is 0 Å². The Hall–Kier alpha value is -3.84. The van der Waals surface area contributed by atoms with Gasteiger partial charge in [0.2, 0.25) is 0 Å². The van der Waals surface area contributed by atoms with Gasteiger partial charge < -0.3 is 24.1 Å². The lowest BCUT2D eigenvalue weighted by Crippen LogP contribution is -2.11. The van der Waals surface area contributed by atoms with Crippen molar-refractivity contribution < 1.29 is 33.6 Å². The average Bonchev–Trinajstić information content (AvgIpc) is 2.95. The summed E-state index contributed by atoms with van der Waals surface area (Å²) >= 11 is 0. The summed E-state index contributed by atoms with van der Waals surface area (Å²) in [5.74, 6) is 0.694. The third kappa shape index (κ3) is 12.9. The van der Waals surface area contributed by atoms with Crippen LogP contribution in [0.4, 0.5) is 0 Å². The predicted octanol–water partition coefficient (Wildman–Crippen LogP) is 5.78. The first-order valence-electron chi connectivity index (χ1n) is 12.9. The fourth-order valence-electron chi connectivity index (χ4n) is 3.25. The highest BCUT2D eigenvalue weighted by atomic mass is 16.5. The van der Waals surface area contributed by atoms with Crippen LogP contribution >= 0.6 is 0 Å². The molecule has 7 heteroatoms. The number of ether oxygens (including phenoxy) is 4. The lowest BCUT2D eigenvalue weighted by atomic mass is 10.1. The highest BCUT2D eigenvalue weighted by Gasteiger charge is 2.06. The molecule has 0 aliphatic rings. The van der Waals surface area contributed by atoms with E-state index in [9.17, 15) is 9.59 Å². The smallest absolute Gasteiger partial charge is 0.335 e. The van der Waals surface area contributed by atoms with E-state index in [-0.39, 0.29) is 18.1 Å². The van der Waals surface area contributed by atoms with E-state index in [2.05, 4.69) is 13.2 Å². The number of benzene rings is 2. The molecule has 0 saturated carbocycles. The van der Waals surface area contributed by atoms with Crippen molar-refractivity contribution in [3.8, 4) is 11.5 Å². The maximum atomic E-state index is 11.4. The van der Waals surface area contributed by atoms with Crippen molar-refractivity contribution in [2.75, 3.05) is 33.0 Å². The molecule has 204 valence electrons. The fraction of sp³-hybridized carbons (Fsp3) is 0.355. The minimum Gasteiger partial charge on any atom is -0.494 e. The molecule has 0 aromatic heterocycles. The Kier molecular flexibility index (Phi) is 14.7. The molecule has 1 N–H and O–H groups in total. The zero-order chi connectivity index (χ0) is 27.4. The van der Waals surface area contributed by atoms with Crippen molar-refractivity contribution in [2.45, 2.75) is 38.5 Å². The van der Waals surface area contributed by atoms with Gasteiger partial charge in [-0.05, 0) is 73.9 Å². The molecule has 0 heterocycles. The van der Waals surface area contributed by atoms with Gasteiger partial charge in [0, 0.05) is 6.08 Å². The molecule has 7 nitrogen and oxygen atoms in total. The zero-order valence-corrected chi connectivity index (χ0v) is 21.9. The van der Waals surface area contributed by atoms with Crippen molar-refractivity contribution in [2.24, 2.45) is 0 Å². The molecule has 0 radical (unpaired) electrons. The number of aliphatic hydroxyl groups is 1. The van der Waals surface area contributed by atoms with Crippen molar-refractivity contribution in [1.29, 1.82) is 0 Å². The summed E-state index contributed by atoms with van der Waals surface area (Å²) in [6.45, 7) is 8.29. The van der Waals surface area contributed by atoms with Crippen LogP contribution in [-0.2, 0) is 19.1 Å². The monoisotopic (exact) mass is 522 g/mol. The van der Waals surface area contributed by atoms with Crippen LogP contribution in [0.15, 0.2) is 73.3 Å². The number of hydrogen-bond acceptors (Lipinski definition) is 7. The van der Waals surface area contributed by atoms with Crippen LogP contribution in [-0.4, -0.2) is 50.1 Å². The van der Waals surface area contributed by atoms with Crippen LogP contribution in [0.1, 0.15) is 49.7 Å². The molecule has 0 aliphatic carbocycles. The van der Waals surface area contributed by atoms with Gasteiger partial charge in [0.25, 0.3) is 0 Å². The Balaban J connectivity index is 1.59. The number of hydrogen-bond donors (Lipinski definition) is 1. The Bertz CT molecular complexity index is 1020. The van der Waals surface area contributed by atoms with Crippen molar-refractivity contribution >= 4 is 24.1 Å². The number of rotatable bonds is 19. The van der Waals surface area contributed by atoms with Gasteiger partial charge in [0.05, 0.1) is 38.6 Å². The van der Waals surface area contributed by atoms with Crippen LogP contribution < -0.4 is 9.47 Å². The van der Waals surface area contributed by atoms with E-state index < -0.39 is 12.6 Å². The minimum absolute atomic E-state index is 0.0583. The molecule has 0 unspecified atom stereocenters. The van der Waals surface area contributed by atoms with Gasteiger partial charge in [0.1, 0.15) is 11.5 Å². The fourth-order valence-corrected chi connectivity index (χ4v) is 3.25. The quantitative estimate of drug-likeness (QED) is 0.108. The van der Waals surface area contributed by atoms with E-state index >= 15 is 0 Å². The molecule has 0 aliphatic heterocycles. The third-order valence-electron chi connectivity index (χ3n) is 5.47. The zero-order valence-electron chi connectivity index (χ0n) is 21.9. The lowest BCUT2D eigenvalue weighted by Gasteiger charge is -2.08. The summed E-state index contributed by atoms with van der Waals surface area (Å²) < 4.78 is 21.5. The second kappa shape index (κ2) is 18.4. The van der Waals surface area contributed by atoms with E-state index in [0.717, 1.165) is 54.7 Å². The normalized spacial score (nSPS) is 10.7. The highest BCUT2D eigenvalue weighted by Crippen LogP contribution is 2.17. The lowest BCUT2D eigenvalue weighted by molar-refractivity contribution is -0.140. The van der Waals surface area contributed by atoms with E-state index in [1.807, 2.05) is 60.7 Å². The van der Waals surface area contributed by atoms with Gasteiger partial charge in [-0.25, -0.2) is 9.59 Å². The topological polar surface area (TPSA) is 91.3 Å². The molecular formula is C31H38O7. The van der Waals surface area contributed by atoms with Crippen molar-refractivity contribution in [3.05, 3.63) is 84.5 Å². The van der Waals surface area contributed by atoms with Gasteiger partial charge in [0.15, 0.2) is 0 Å². The van der Waals surface area contributed by atoms with Crippen LogP contribution in [0, 0.1) is 0 Å². The highest BCUT2D eigenvalue weighted by molar-refractivity contribution is 5.87. The predicted molar refractivity (Wildman–Crippen MR) is 149 cm³/mol. The van der Waals surface area contributed by atoms with Crippen LogP contribution in [0.25, 0.3) is 12.2 Å². The molecule has 0 fully saturated rings. The van der Waals surface area contributed by atoms with Gasteiger partial charge in [-0.15, -0.1) is 0 Å². The first kappa shape index (κ1) is 30.4. The molecule has 38 heavy (non-hydrogen) atoms. The first-order chi connectivity index (χ1) is 18.5. The van der Waals surface area contributed by atoms with Gasteiger partial charge in [-0.1, -0.05) is 49.6 Å². The molecule has 0 amide bonds. The summed E-state index contributed by atoms with van der Waals surface area (Å²) in [5.41, 5.74) is 2.20. The second-order valence-corrected chi connectivity index (χ2v) is 8.56. The molecule has 2 aromatic carbocycles. The Morgan fingerprint density at radius 1 is 0.684 bits per heavy atom. The largest absolute Gasteiger partial charge is 0.494 e. The SMILES string of the molecule is C=CC(=O)OCCCCCCOc1ccc(/C=C/c2ccc(OCCCCOC(=O)C(=C)CO)cc2)cc1. The Morgan fingerprint density at radius 3 is 1.63 bits per heavy atom. The van der Waals surface area contributed by atoms with E-state index in [1.54, 1.807) is 0 Å². The third-order valence-corrected chi connectivity index (χ3v) is 5.47. The maximum Gasteiger partial charge on any atom is 0.335 e. The minimum atomic E-state index is -0.563. The molecule has 0 saturated heterocycles. The first-order valence-corrected chi connectivity index (χ1v) is 12.9. The molecule has 2 rings (SSSR count). The number of aliphatic hydroxyl groups excluding tert-OH is 1. The average molecular weight is 523 g/mol. The van der Waals surface area contributed by atoms with Gasteiger partial charge in [-0.2, -0.15) is 0 Å². The summed E-state index contributed by atoms with van der Waals surface area (Å²) in [7, 11) is 0. The second-order valence-electron chi connectivity index (χ2n) is 8.56. The summed E-state index contributed by atoms with van der Waals surface area (Å²) in [4.78, 5) is 22.3. The molecule has 0 bridgehead atoms. The summed E-state index contributed by atoms with van der Waals surface area (Å²) in [5, 5.41) is 8.83. The van der Waals surface area contributed by atoms with Crippen molar-refractivity contribution in [3.63, 3.8) is 0 Å². The van der Waals surface area contributed by atoms with Crippen LogP contribution in [0.5, 0.6) is 11.5 Å². The number of carbonyl (C=O) groups excluding carboxylic acids is 2. The van der Waals surface area contributed by atoms with Crippen LogP contribution in [0.3, 0.4) is 0 Å². The van der Waals surface area contributed by atoms with Gasteiger partial charge in [-0.3, -0.25) is 0 Å². The standard InChI is InChI=1S/C31H38O7/c1-3-30(33)37-22-7-5-4-6-20-35-28-16-12-26(13-17-28)10-11-27-14-18-29(19-15-27)36-21-8-9-23-38-31(34)25(2)24-32/h3,10-19,32H,1-2,4-9,20-24H2/b11-10+. The Morgan fingerprint density at radius 2 is 1.13 bits per heavy atom. The molecule has 2 aromatic rings. The van der Waals surface area contributed by atoms with E-state index in [1.165, 1.54) is 6.08 Å². The maximum absolute atomic E-state index is 11.4. The Labute approximate surface area is 225 Å². The molecular weight excluding hydrogens is 484 g/mol. The number of unbranched alkanes of at least 4 members (excludes halogenated alkanes) is 4. The molecule has 0 spiro atoms. The molecule has 0 atom stereocenters.